The fourth-order valence-corrected chi connectivity index (χ4v) is 5.22. The van der Waals surface area contributed by atoms with Crippen molar-refractivity contribution in [3.8, 4) is 5.75 Å². The number of non-ortho nitro benzene ring substituents is 1. The zero-order valence-corrected chi connectivity index (χ0v) is 20.0. The number of nitro groups is 1. The van der Waals surface area contributed by atoms with E-state index in [2.05, 4.69) is 4.98 Å². The number of fused-ring (bicyclic) bond motifs is 1. The van der Waals surface area contributed by atoms with E-state index in [0.29, 0.717) is 22.6 Å². The fourth-order valence-electron chi connectivity index (χ4n) is 4.54. The molecule has 0 spiro atoms. The Balaban J connectivity index is 1.53. The quantitative estimate of drug-likeness (QED) is 0.199. The number of thiophene rings is 1. The van der Waals surface area contributed by atoms with Crippen LogP contribution in [0.2, 0.25) is 0 Å². The molecule has 182 valence electrons. The lowest BCUT2D eigenvalue weighted by Crippen LogP contribution is -2.33. The van der Waals surface area contributed by atoms with E-state index < -0.39 is 28.4 Å². The number of Topliss-reactive ketones (excluding diaryl/α,β-unsaturated/α-hetero) is 1. The summed E-state index contributed by atoms with van der Waals surface area (Å²) in [6, 6.07) is 13.8. The third-order valence-corrected chi connectivity index (χ3v) is 7.16. The number of carbonyl (C=O) groups excluding carboxylic acids is 2. The summed E-state index contributed by atoms with van der Waals surface area (Å²) in [7, 11) is 1.58. The highest BCUT2D eigenvalue weighted by molar-refractivity contribution is 7.12. The Kier molecular flexibility index (Phi) is 6.03. The molecule has 36 heavy (non-hydrogen) atoms. The fraction of sp³-hybridized carbons (Fsp3) is 0.154. The topological polar surface area (TPSA) is 126 Å². The second kappa shape index (κ2) is 9.31. The zero-order chi connectivity index (χ0) is 25.4. The Labute approximate surface area is 209 Å². The SMILES string of the molecule is COc1ccc2[nH]cc(CCN3C(=O)C(O)=C(C(=O)c4cccs4)C3c3cccc([N+](=O)[O-])c3)c2c1. The molecule has 0 saturated carbocycles. The molecule has 4 aromatic rings. The third-order valence-electron chi connectivity index (χ3n) is 6.29. The van der Waals surface area contributed by atoms with Gasteiger partial charge in [0.2, 0.25) is 5.78 Å². The Bertz CT molecular complexity index is 1520. The molecule has 2 aromatic heterocycles. The smallest absolute Gasteiger partial charge is 0.290 e. The van der Waals surface area contributed by atoms with Crippen LogP contribution in [0.1, 0.15) is 26.8 Å². The van der Waals surface area contributed by atoms with Crippen LogP contribution in [0.25, 0.3) is 10.9 Å². The Morgan fingerprint density at radius 1 is 1.22 bits per heavy atom. The molecule has 0 bridgehead atoms. The van der Waals surface area contributed by atoms with Crippen LogP contribution in [0.3, 0.4) is 0 Å². The van der Waals surface area contributed by atoms with Crippen LogP contribution in [0.4, 0.5) is 5.69 Å². The maximum atomic E-state index is 13.4. The highest BCUT2D eigenvalue weighted by atomic mass is 32.1. The van der Waals surface area contributed by atoms with Crippen LogP contribution >= 0.6 is 11.3 Å². The van der Waals surface area contributed by atoms with Gasteiger partial charge in [-0.1, -0.05) is 18.2 Å². The number of rotatable bonds is 8. The van der Waals surface area contributed by atoms with E-state index in [4.69, 9.17) is 4.74 Å². The van der Waals surface area contributed by atoms with Gasteiger partial charge in [0.15, 0.2) is 5.76 Å². The number of nitrogens with one attached hydrogen (secondary N) is 1. The second-order valence-corrected chi connectivity index (χ2v) is 9.25. The van der Waals surface area contributed by atoms with Crippen LogP contribution in [0.15, 0.2) is 77.5 Å². The summed E-state index contributed by atoms with van der Waals surface area (Å²) in [4.78, 5) is 42.4. The number of methoxy groups -OCH3 is 1. The van der Waals surface area contributed by atoms with Gasteiger partial charge in [-0.05, 0) is 47.2 Å². The number of ketones is 1. The standard InChI is InChI=1S/C26H21N3O6S/c1-35-18-7-8-20-19(13-18)16(14-27-20)9-10-28-23(15-4-2-5-17(12-15)29(33)34)22(25(31)26(28)32)24(30)21-6-3-11-36-21/h2-8,11-14,23,27,31H,9-10H2,1H3. The first kappa shape index (κ1) is 23.3. The van der Waals surface area contributed by atoms with Gasteiger partial charge in [0.1, 0.15) is 5.75 Å². The van der Waals surface area contributed by atoms with Gasteiger partial charge >= 0.3 is 0 Å². The van der Waals surface area contributed by atoms with Crippen LogP contribution in [0, 0.1) is 10.1 Å². The lowest BCUT2D eigenvalue weighted by molar-refractivity contribution is -0.384. The van der Waals surface area contributed by atoms with Crippen LogP contribution in [-0.4, -0.2) is 45.3 Å². The number of nitro benzene ring substituents is 1. The van der Waals surface area contributed by atoms with Crippen molar-refractivity contribution in [3.63, 3.8) is 0 Å². The first-order valence-electron chi connectivity index (χ1n) is 11.1. The molecule has 1 aliphatic rings. The number of amides is 1. The van der Waals surface area contributed by atoms with Crippen molar-refractivity contribution in [2.45, 2.75) is 12.5 Å². The Hall–Kier alpha value is -4.44. The van der Waals surface area contributed by atoms with Gasteiger partial charge in [0.05, 0.1) is 28.5 Å². The normalized spacial score (nSPS) is 15.6. The summed E-state index contributed by atoms with van der Waals surface area (Å²) >= 11 is 1.20. The molecule has 9 nitrogen and oxygen atoms in total. The predicted octanol–water partition coefficient (Wildman–Crippen LogP) is 4.97. The van der Waals surface area contributed by atoms with E-state index >= 15 is 0 Å². The molecule has 0 aliphatic carbocycles. The number of ether oxygens (including phenoxy) is 1. The lowest BCUT2D eigenvalue weighted by Gasteiger charge is -2.26. The van der Waals surface area contributed by atoms with E-state index in [9.17, 15) is 24.8 Å². The van der Waals surface area contributed by atoms with E-state index in [1.807, 2.05) is 24.4 Å². The van der Waals surface area contributed by atoms with E-state index in [1.165, 1.54) is 34.4 Å². The molecule has 2 N–H and O–H groups in total. The van der Waals surface area contributed by atoms with Gasteiger partial charge in [-0.25, -0.2) is 0 Å². The summed E-state index contributed by atoms with van der Waals surface area (Å²) in [5.74, 6) is -1.11. The molecule has 10 heteroatoms. The molecule has 5 rings (SSSR count). The minimum Gasteiger partial charge on any atom is -0.503 e. The van der Waals surface area contributed by atoms with Crippen molar-refractivity contribution < 1.29 is 24.4 Å². The minimum absolute atomic E-state index is 0.0801. The summed E-state index contributed by atoms with van der Waals surface area (Å²) in [5.41, 5.74) is 1.96. The van der Waals surface area contributed by atoms with E-state index in [-0.39, 0.29) is 17.8 Å². The van der Waals surface area contributed by atoms with Crippen molar-refractivity contribution in [2.24, 2.45) is 0 Å². The number of aromatic amines is 1. The first-order chi connectivity index (χ1) is 17.4. The van der Waals surface area contributed by atoms with Gasteiger partial charge in [-0.15, -0.1) is 11.3 Å². The van der Waals surface area contributed by atoms with Crippen molar-refractivity contribution in [1.29, 1.82) is 0 Å². The molecule has 1 unspecified atom stereocenters. The number of hydrogen-bond acceptors (Lipinski definition) is 7. The average Bonchev–Trinajstić information content (AvgIpc) is 3.62. The molecule has 1 amide bonds. The Morgan fingerprint density at radius 2 is 2.06 bits per heavy atom. The number of H-pyrrole nitrogens is 1. The predicted molar refractivity (Wildman–Crippen MR) is 134 cm³/mol. The molecule has 2 aromatic carbocycles. The second-order valence-electron chi connectivity index (χ2n) is 8.30. The molecular weight excluding hydrogens is 482 g/mol. The van der Waals surface area contributed by atoms with Crippen molar-refractivity contribution in [3.05, 3.63) is 104 Å². The Morgan fingerprint density at radius 3 is 2.78 bits per heavy atom. The highest BCUT2D eigenvalue weighted by Crippen LogP contribution is 2.40. The summed E-state index contributed by atoms with van der Waals surface area (Å²) in [6.07, 6.45) is 2.26. The molecule has 1 atom stereocenters. The highest BCUT2D eigenvalue weighted by Gasteiger charge is 2.44. The number of carbonyl (C=O) groups is 2. The van der Waals surface area contributed by atoms with Gasteiger partial charge < -0.3 is 19.7 Å². The molecular formula is C26H21N3O6S. The zero-order valence-electron chi connectivity index (χ0n) is 19.1. The number of aromatic nitrogens is 1. The van der Waals surface area contributed by atoms with E-state index in [0.717, 1.165) is 16.5 Å². The molecule has 1 aliphatic heterocycles. The molecule has 3 heterocycles. The van der Waals surface area contributed by atoms with Crippen LogP contribution in [-0.2, 0) is 11.2 Å². The lowest BCUT2D eigenvalue weighted by atomic mass is 9.95. The van der Waals surface area contributed by atoms with Crippen molar-refractivity contribution >= 4 is 39.6 Å². The van der Waals surface area contributed by atoms with E-state index in [1.54, 1.807) is 30.7 Å². The maximum absolute atomic E-state index is 13.4. The average molecular weight is 504 g/mol. The first-order valence-corrected chi connectivity index (χ1v) is 12.0. The maximum Gasteiger partial charge on any atom is 0.290 e. The summed E-state index contributed by atoms with van der Waals surface area (Å²) in [6.45, 7) is 0.168. The third kappa shape index (κ3) is 4.01. The summed E-state index contributed by atoms with van der Waals surface area (Å²) < 4.78 is 5.33. The minimum atomic E-state index is -0.966. The number of benzene rings is 2. The molecule has 0 saturated heterocycles. The van der Waals surface area contributed by atoms with Gasteiger partial charge in [-0.2, -0.15) is 0 Å². The van der Waals surface area contributed by atoms with Gasteiger partial charge in [0.25, 0.3) is 11.6 Å². The number of aliphatic hydroxyl groups excluding tert-OH is 1. The van der Waals surface area contributed by atoms with Gasteiger partial charge in [0, 0.05) is 35.8 Å². The summed E-state index contributed by atoms with van der Waals surface area (Å²) in [5, 5.41) is 24.9. The van der Waals surface area contributed by atoms with Crippen molar-refractivity contribution in [1.82, 2.24) is 9.88 Å². The molecule has 0 fully saturated rings. The number of nitrogens with zero attached hydrogens (tertiary/aromatic N) is 2. The van der Waals surface area contributed by atoms with Crippen molar-refractivity contribution in [2.75, 3.05) is 13.7 Å². The monoisotopic (exact) mass is 503 g/mol. The molecule has 0 radical (unpaired) electrons. The number of hydrogen-bond donors (Lipinski definition) is 2. The van der Waals surface area contributed by atoms with Crippen LogP contribution < -0.4 is 4.74 Å². The number of aliphatic hydroxyl groups is 1. The van der Waals surface area contributed by atoms with Gasteiger partial charge in [-0.3, -0.25) is 19.7 Å². The largest absolute Gasteiger partial charge is 0.503 e. The van der Waals surface area contributed by atoms with Crippen LogP contribution in [0.5, 0.6) is 5.75 Å².